The van der Waals surface area contributed by atoms with Crippen molar-refractivity contribution in [2.45, 2.75) is 18.6 Å². The number of piperidine rings is 1. The molecule has 2 aromatic rings. The van der Waals surface area contributed by atoms with Gasteiger partial charge >= 0.3 is 0 Å². The third-order valence-electron chi connectivity index (χ3n) is 5.13. The number of halogens is 2. The molecule has 1 N–H and O–H groups in total. The highest BCUT2D eigenvalue weighted by atomic mass is 35.5. The van der Waals surface area contributed by atoms with Crippen molar-refractivity contribution in [3.05, 3.63) is 62.1 Å². The molecule has 0 radical (unpaired) electrons. The number of hydrogen-bond acceptors (Lipinski definition) is 6. The van der Waals surface area contributed by atoms with Crippen LogP contribution in [0.1, 0.15) is 18.4 Å². The van der Waals surface area contributed by atoms with Gasteiger partial charge in [0, 0.05) is 25.2 Å². The van der Waals surface area contributed by atoms with E-state index in [-0.39, 0.29) is 34.4 Å². The Bertz CT molecular complexity index is 1140. The second-order valence-corrected chi connectivity index (χ2v) is 10.1. The molecule has 1 aliphatic rings. The minimum absolute atomic E-state index is 0.00668. The van der Waals surface area contributed by atoms with Gasteiger partial charge in [0.05, 0.1) is 39.4 Å². The van der Waals surface area contributed by atoms with Gasteiger partial charge in [-0.2, -0.15) is 0 Å². The van der Waals surface area contributed by atoms with E-state index in [2.05, 4.69) is 5.32 Å². The Morgan fingerprint density at radius 2 is 2.00 bits per heavy atom. The van der Waals surface area contributed by atoms with Crippen molar-refractivity contribution < 1.29 is 22.9 Å². The highest BCUT2D eigenvalue weighted by Gasteiger charge is 2.33. The van der Waals surface area contributed by atoms with Gasteiger partial charge in [0.1, 0.15) is 5.75 Å². The highest BCUT2D eigenvalue weighted by Crippen LogP contribution is 2.31. The number of non-ortho nitro benzene ring substituents is 1. The van der Waals surface area contributed by atoms with Crippen LogP contribution in [0.4, 0.5) is 11.4 Å². The van der Waals surface area contributed by atoms with Gasteiger partial charge in [-0.3, -0.25) is 14.9 Å². The first kappa shape index (κ1) is 24.2. The predicted molar refractivity (Wildman–Crippen MR) is 122 cm³/mol. The Morgan fingerprint density at radius 1 is 1.25 bits per heavy atom. The molecule has 0 unspecified atom stereocenters. The van der Waals surface area contributed by atoms with Crippen molar-refractivity contribution in [3.63, 3.8) is 0 Å². The molecule has 0 aromatic heterocycles. The maximum absolute atomic E-state index is 12.9. The molecular weight excluding hydrogens is 481 g/mol. The van der Waals surface area contributed by atoms with Crippen LogP contribution in [-0.4, -0.2) is 43.8 Å². The minimum Gasteiger partial charge on any atom is -0.495 e. The number of anilines is 1. The van der Waals surface area contributed by atoms with E-state index in [1.165, 1.54) is 41.7 Å². The predicted octanol–water partition coefficient (Wildman–Crippen LogP) is 4.09. The first-order chi connectivity index (χ1) is 15.1. The van der Waals surface area contributed by atoms with Gasteiger partial charge in [-0.05, 0) is 36.6 Å². The number of nitro groups is 1. The number of rotatable bonds is 7. The summed E-state index contributed by atoms with van der Waals surface area (Å²) in [5.74, 6) is -1.05. The lowest BCUT2D eigenvalue weighted by molar-refractivity contribution is -0.384. The molecule has 0 aliphatic carbocycles. The number of sulfonamides is 1. The smallest absolute Gasteiger partial charge is 0.271 e. The lowest BCUT2D eigenvalue weighted by atomic mass is 9.98. The van der Waals surface area contributed by atoms with Crippen LogP contribution >= 0.6 is 23.2 Å². The maximum Gasteiger partial charge on any atom is 0.271 e. The van der Waals surface area contributed by atoms with Gasteiger partial charge in [-0.25, -0.2) is 12.7 Å². The number of ether oxygens (including phenoxy) is 1. The molecule has 0 bridgehead atoms. The van der Waals surface area contributed by atoms with Crippen molar-refractivity contribution in [3.8, 4) is 5.75 Å². The van der Waals surface area contributed by atoms with Crippen molar-refractivity contribution in [1.82, 2.24) is 4.31 Å². The largest absolute Gasteiger partial charge is 0.495 e. The molecule has 0 saturated carbocycles. The molecule has 172 valence electrons. The lowest BCUT2D eigenvalue weighted by Crippen LogP contribution is -2.44. The summed E-state index contributed by atoms with van der Waals surface area (Å²) in [4.78, 5) is 23.3. The molecule has 1 fully saturated rings. The Hall–Kier alpha value is -2.40. The number of nitrogens with one attached hydrogen (secondary N) is 1. The SMILES string of the molecule is COc1ccc([N+](=O)[O-])cc1NC(=O)[C@H]1CCCN(S(=O)(=O)Cc2ccc(Cl)c(Cl)c2)C1. The van der Waals surface area contributed by atoms with E-state index in [4.69, 9.17) is 27.9 Å². The van der Waals surface area contributed by atoms with Crippen molar-refractivity contribution in [2.24, 2.45) is 5.92 Å². The Labute approximate surface area is 195 Å². The Balaban J connectivity index is 1.72. The fraction of sp³-hybridized carbons (Fsp3) is 0.350. The quantitative estimate of drug-likeness (QED) is 0.450. The molecular formula is C20H21Cl2N3O6S. The molecule has 9 nitrogen and oxygen atoms in total. The normalized spacial score (nSPS) is 17.0. The number of nitro benzene ring substituents is 1. The summed E-state index contributed by atoms with van der Waals surface area (Å²) in [5, 5.41) is 14.3. The standard InChI is InChI=1S/C20H21Cl2N3O6S/c1-31-19-7-5-15(25(27)28)10-18(19)23-20(26)14-3-2-8-24(11-14)32(29,30)12-13-4-6-16(21)17(22)9-13/h4-7,9-10,14H,2-3,8,11-12H2,1H3,(H,23,26)/t14-/m0/s1. The summed E-state index contributed by atoms with van der Waals surface area (Å²) >= 11 is 11.9. The molecule has 1 amide bonds. The number of nitrogens with zero attached hydrogens (tertiary/aromatic N) is 2. The second kappa shape index (κ2) is 10.0. The molecule has 12 heteroatoms. The van der Waals surface area contributed by atoms with E-state index in [9.17, 15) is 23.3 Å². The average Bonchev–Trinajstić information content (AvgIpc) is 2.76. The van der Waals surface area contributed by atoms with E-state index >= 15 is 0 Å². The maximum atomic E-state index is 12.9. The molecule has 1 saturated heterocycles. The van der Waals surface area contributed by atoms with E-state index in [1.54, 1.807) is 6.07 Å². The number of carbonyl (C=O) groups excluding carboxylic acids is 1. The zero-order valence-electron chi connectivity index (χ0n) is 17.1. The van der Waals surface area contributed by atoms with Crippen LogP contribution in [0.15, 0.2) is 36.4 Å². The van der Waals surface area contributed by atoms with Crippen LogP contribution in [0.2, 0.25) is 10.0 Å². The van der Waals surface area contributed by atoms with Gasteiger partial charge in [0.25, 0.3) is 5.69 Å². The fourth-order valence-corrected chi connectivity index (χ4v) is 5.40. The van der Waals surface area contributed by atoms with E-state index in [0.717, 1.165) is 0 Å². The number of benzene rings is 2. The van der Waals surface area contributed by atoms with Gasteiger partial charge in [0.2, 0.25) is 15.9 Å². The molecule has 2 aromatic carbocycles. The minimum atomic E-state index is -3.70. The monoisotopic (exact) mass is 501 g/mol. The molecule has 32 heavy (non-hydrogen) atoms. The van der Waals surface area contributed by atoms with Gasteiger partial charge in [-0.1, -0.05) is 29.3 Å². The lowest BCUT2D eigenvalue weighted by Gasteiger charge is -2.31. The third kappa shape index (κ3) is 5.69. The van der Waals surface area contributed by atoms with Crippen molar-refractivity contribution >= 4 is 50.5 Å². The molecule has 3 rings (SSSR count). The summed E-state index contributed by atoms with van der Waals surface area (Å²) in [7, 11) is -2.31. The van der Waals surface area contributed by atoms with Crippen LogP contribution in [0.25, 0.3) is 0 Å². The summed E-state index contributed by atoms with van der Waals surface area (Å²) in [6.07, 6.45) is 0.993. The van der Waals surface area contributed by atoms with Crippen LogP contribution in [0, 0.1) is 16.0 Å². The summed E-state index contributed by atoms with van der Waals surface area (Å²) in [5.41, 5.74) is 0.449. The average molecular weight is 502 g/mol. The van der Waals surface area contributed by atoms with Crippen molar-refractivity contribution in [1.29, 1.82) is 0 Å². The van der Waals surface area contributed by atoms with E-state index < -0.39 is 26.8 Å². The van der Waals surface area contributed by atoms with Crippen LogP contribution in [0.3, 0.4) is 0 Å². The van der Waals surface area contributed by atoms with Crippen LogP contribution < -0.4 is 10.1 Å². The zero-order chi connectivity index (χ0) is 23.5. The van der Waals surface area contributed by atoms with Gasteiger partial charge < -0.3 is 10.1 Å². The summed E-state index contributed by atoms with van der Waals surface area (Å²) in [6, 6.07) is 8.50. The van der Waals surface area contributed by atoms with Crippen molar-refractivity contribution in [2.75, 3.05) is 25.5 Å². The number of methoxy groups -OCH3 is 1. The van der Waals surface area contributed by atoms with E-state index in [1.807, 2.05) is 0 Å². The third-order valence-corrected chi connectivity index (χ3v) is 7.69. The van der Waals surface area contributed by atoms with Crippen LogP contribution in [-0.2, 0) is 20.6 Å². The number of amides is 1. The first-order valence-electron chi connectivity index (χ1n) is 9.66. The number of carbonyl (C=O) groups is 1. The fourth-order valence-electron chi connectivity index (χ4n) is 3.48. The van der Waals surface area contributed by atoms with Gasteiger partial charge in [0.15, 0.2) is 0 Å². The number of hydrogen-bond donors (Lipinski definition) is 1. The Morgan fingerprint density at radius 3 is 2.66 bits per heavy atom. The topological polar surface area (TPSA) is 119 Å². The second-order valence-electron chi connectivity index (χ2n) is 7.33. The summed E-state index contributed by atoms with van der Waals surface area (Å²) < 4.78 is 32.3. The summed E-state index contributed by atoms with van der Waals surface area (Å²) in [6.45, 7) is 0.306. The van der Waals surface area contributed by atoms with E-state index in [0.29, 0.717) is 30.0 Å². The molecule has 1 aliphatic heterocycles. The zero-order valence-corrected chi connectivity index (χ0v) is 19.4. The Kier molecular flexibility index (Phi) is 7.60. The molecule has 0 spiro atoms. The van der Waals surface area contributed by atoms with Gasteiger partial charge in [-0.15, -0.1) is 0 Å². The first-order valence-corrected chi connectivity index (χ1v) is 12.0. The molecule has 1 atom stereocenters. The highest BCUT2D eigenvalue weighted by molar-refractivity contribution is 7.88. The van der Waals surface area contributed by atoms with Crippen LogP contribution in [0.5, 0.6) is 5.75 Å². The molecule has 1 heterocycles.